The van der Waals surface area contributed by atoms with Gasteiger partial charge in [-0.15, -0.1) is 0 Å². The van der Waals surface area contributed by atoms with Gasteiger partial charge in [0.15, 0.2) is 10.8 Å². The fourth-order valence-corrected chi connectivity index (χ4v) is 4.94. The largest absolute Gasteiger partial charge is 0.476 e. The molecule has 0 aliphatic heterocycles. The Morgan fingerprint density at radius 1 is 1.05 bits per heavy atom. The van der Waals surface area contributed by atoms with Crippen molar-refractivity contribution in [2.24, 2.45) is 0 Å². The van der Waals surface area contributed by atoms with E-state index in [2.05, 4.69) is 15.4 Å². The van der Waals surface area contributed by atoms with Gasteiger partial charge in [-0.3, -0.25) is 4.79 Å². The van der Waals surface area contributed by atoms with Gasteiger partial charge in [0.2, 0.25) is 11.8 Å². The predicted octanol–water partition coefficient (Wildman–Crippen LogP) is 5.35. The maximum atomic E-state index is 13.0. The fraction of sp³-hybridized carbons (Fsp3) is 0.143. The number of aromatic carboxylic acids is 1. The van der Waals surface area contributed by atoms with E-state index in [-0.39, 0.29) is 31.3 Å². The summed E-state index contributed by atoms with van der Waals surface area (Å²) in [6, 6.07) is 18.5. The van der Waals surface area contributed by atoms with Crippen molar-refractivity contribution in [3.05, 3.63) is 95.2 Å². The van der Waals surface area contributed by atoms with Crippen molar-refractivity contribution in [3.63, 3.8) is 0 Å². The molecule has 4 N–H and O–H groups in total. The zero-order chi connectivity index (χ0) is 29.1. The quantitative estimate of drug-likeness (QED) is 0.214. The number of rotatable bonds is 9. The number of anilines is 1. The molecule has 9 nitrogen and oxygen atoms in total. The van der Waals surface area contributed by atoms with Crippen LogP contribution >= 0.6 is 11.3 Å². The van der Waals surface area contributed by atoms with Gasteiger partial charge in [-0.2, -0.15) is 18.3 Å². The highest BCUT2D eigenvalue weighted by Crippen LogP contribution is 2.32. The van der Waals surface area contributed by atoms with E-state index >= 15 is 0 Å². The second-order valence-corrected chi connectivity index (χ2v) is 10.0. The van der Waals surface area contributed by atoms with Gasteiger partial charge in [-0.1, -0.05) is 53.8 Å². The molecule has 0 bridgehead atoms. The Bertz CT molecular complexity index is 1730. The lowest BCUT2D eigenvalue weighted by atomic mass is 9.99. The molecular weight excluding hydrogens is 559 g/mol. The minimum absolute atomic E-state index is 0.0429. The number of hydrogen-bond donors (Lipinski definition) is 3. The third-order valence-corrected chi connectivity index (χ3v) is 6.98. The van der Waals surface area contributed by atoms with Crippen LogP contribution in [0.25, 0.3) is 21.3 Å². The van der Waals surface area contributed by atoms with Crippen LogP contribution in [0.15, 0.2) is 72.8 Å². The molecule has 210 valence electrons. The van der Waals surface area contributed by atoms with Gasteiger partial charge in [-0.05, 0) is 46.5 Å². The molecule has 0 spiro atoms. The van der Waals surface area contributed by atoms with E-state index in [1.807, 2.05) is 18.2 Å². The molecule has 5 rings (SSSR count). The van der Waals surface area contributed by atoms with Crippen molar-refractivity contribution in [2.45, 2.75) is 25.9 Å². The summed E-state index contributed by atoms with van der Waals surface area (Å²) >= 11 is 1.34. The first-order chi connectivity index (χ1) is 19.6. The van der Waals surface area contributed by atoms with Crippen LogP contribution in [-0.2, 0) is 30.7 Å². The number of benzene rings is 3. The first kappa shape index (κ1) is 27.6. The minimum atomic E-state index is -4.45. The lowest BCUT2D eigenvalue weighted by molar-refractivity contribution is -0.137. The second-order valence-electron chi connectivity index (χ2n) is 8.98. The summed E-state index contributed by atoms with van der Waals surface area (Å²) in [6.07, 6.45) is -4.45. The number of thiazole rings is 1. The normalized spacial score (nSPS) is 11.5. The van der Waals surface area contributed by atoms with Gasteiger partial charge in [0, 0.05) is 12.6 Å². The van der Waals surface area contributed by atoms with Gasteiger partial charge in [0.1, 0.15) is 13.2 Å². The molecule has 0 atom stereocenters. The molecule has 0 radical (unpaired) electrons. The van der Waals surface area contributed by atoms with Crippen molar-refractivity contribution in [1.82, 2.24) is 20.1 Å². The molecule has 0 fully saturated rings. The number of carbonyl (C=O) groups excluding carboxylic acids is 1. The summed E-state index contributed by atoms with van der Waals surface area (Å²) < 4.78 is 46.9. The Labute approximate surface area is 235 Å². The van der Waals surface area contributed by atoms with Crippen LogP contribution in [0.3, 0.4) is 0 Å². The summed E-state index contributed by atoms with van der Waals surface area (Å²) in [5.74, 6) is -1.68. The average molecular weight is 582 g/mol. The van der Waals surface area contributed by atoms with E-state index in [1.54, 1.807) is 24.3 Å². The highest BCUT2D eigenvalue weighted by Gasteiger charge is 2.30. The molecule has 0 saturated heterocycles. The third-order valence-electron chi connectivity index (χ3n) is 6.13. The number of alkyl halides is 3. The van der Waals surface area contributed by atoms with E-state index < -0.39 is 23.6 Å². The Kier molecular flexibility index (Phi) is 7.62. The first-order valence-corrected chi connectivity index (χ1v) is 13.0. The summed E-state index contributed by atoms with van der Waals surface area (Å²) in [5.41, 5.74) is 8.11. The molecule has 2 heterocycles. The third kappa shape index (κ3) is 6.47. The lowest BCUT2D eigenvalue weighted by Crippen LogP contribution is -2.28. The first-order valence-electron chi connectivity index (χ1n) is 12.2. The summed E-state index contributed by atoms with van der Waals surface area (Å²) in [7, 11) is 0. The van der Waals surface area contributed by atoms with E-state index in [9.17, 15) is 27.9 Å². The number of nitrogens with zero attached hydrogens (tertiary/aromatic N) is 3. The number of hydrogen-bond acceptors (Lipinski definition) is 7. The number of aromatic nitrogens is 3. The second kappa shape index (κ2) is 11.3. The van der Waals surface area contributed by atoms with Crippen LogP contribution in [-0.4, -0.2) is 31.7 Å². The average Bonchev–Trinajstić information content (AvgIpc) is 3.52. The zero-order valence-corrected chi connectivity index (χ0v) is 22.0. The Balaban J connectivity index is 1.29. The van der Waals surface area contributed by atoms with Gasteiger partial charge in [-0.25, -0.2) is 14.5 Å². The topological polar surface area (TPSA) is 132 Å². The molecule has 5 aromatic rings. The molecule has 41 heavy (non-hydrogen) atoms. The number of nitrogen functional groups attached to an aromatic ring is 1. The maximum absolute atomic E-state index is 13.0. The van der Waals surface area contributed by atoms with Crippen molar-refractivity contribution >= 4 is 38.6 Å². The van der Waals surface area contributed by atoms with Gasteiger partial charge >= 0.3 is 12.1 Å². The standard InChI is InChI=1S/C28H22F3N5O4S/c29-28(30,31)19-8-6-17(7-9-19)20-4-2-1-3-18(20)15-40-25-12-22(26(38)39)35-36(25)14-24(37)33-13-16-5-10-21-23(11-16)41-27(32)34-21/h1-12H,13-15H2,(H2,32,34)(H,33,37)(H,38,39). The number of carboxylic acids is 1. The molecule has 13 heteroatoms. The number of carbonyl (C=O) groups is 2. The van der Waals surface area contributed by atoms with Gasteiger partial charge < -0.3 is 20.9 Å². The number of fused-ring (bicyclic) bond motifs is 1. The van der Waals surface area contributed by atoms with E-state index in [0.717, 1.165) is 32.6 Å². The highest BCUT2D eigenvalue weighted by molar-refractivity contribution is 7.22. The monoisotopic (exact) mass is 581 g/mol. The molecule has 0 saturated carbocycles. The molecule has 1 amide bonds. The van der Waals surface area contributed by atoms with Gasteiger partial charge in [0.25, 0.3) is 0 Å². The van der Waals surface area contributed by atoms with Crippen molar-refractivity contribution in [3.8, 4) is 17.0 Å². The van der Waals surface area contributed by atoms with Crippen LogP contribution in [0.4, 0.5) is 18.3 Å². The molecule has 0 unspecified atom stereocenters. The Morgan fingerprint density at radius 3 is 2.54 bits per heavy atom. The molecule has 0 aliphatic rings. The fourth-order valence-electron chi connectivity index (χ4n) is 4.14. The van der Waals surface area contributed by atoms with E-state index in [4.69, 9.17) is 10.5 Å². The van der Waals surface area contributed by atoms with Crippen molar-refractivity contribution in [1.29, 1.82) is 0 Å². The number of nitrogens with two attached hydrogens (primary N) is 1. The molecule has 3 aromatic carbocycles. The van der Waals surface area contributed by atoms with Crippen molar-refractivity contribution in [2.75, 3.05) is 5.73 Å². The van der Waals surface area contributed by atoms with Crippen LogP contribution in [0.2, 0.25) is 0 Å². The van der Waals surface area contributed by atoms with Crippen LogP contribution < -0.4 is 15.8 Å². The molecular formula is C28H22F3N5O4S. The van der Waals surface area contributed by atoms with Crippen LogP contribution in [0, 0.1) is 0 Å². The van der Waals surface area contributed by atoms with Gasteiger partial charge in [0.05, 0.1) is 15.8 Å². The zero-order valence-electron chi connectivity index (χ0n) is 21.2. The van der Waals surface area contributed by atoms with Crippen LogP contribution in [0.1, 0.15) is 27.2 Å². The smallest absolute Gasteiger partial charge is 0.416 e. The number of halogens is 3. The number of amides is 1. The predicted molar refractivity (Wildman–Crippen MR) is 146 cm³/mol. The molecule has 2 aromatic heterocycles. The Hall–Kier alpha value is -4.91. The number of carboxylic acid groups (broad SMARTS) is 1. The summed E-state index contributed by atoms with van der Waals surface area (Å²) in [5, 5.41) is 16.6. The maximum Gasteiger partial charge on any atom is 0.416 e. The Morgan fingerprint density at radius 2 is 1.80 bits per heavy atom. The summed E-state index contributed by atoms with van der Waals surface area (Å²) in [6.45, 7) is -0.142. The SMILES string of the molecule is Nc1nc2ccc(CNC(=O)Cn3nc(C(=O)O)cc3OCc3ccccc3-c3ccc(C(F)(F)F)cc3)cc2s1. The number of ether oxygens (including phenoxy) is 1. The van der Waals surface area contributed by atoms with E-state index in [0.29, 0.717) is 21.8 Å². The van der Waals surface area contributed by atoms with E-state index in [1.165, 1.54) is 29.5 Å². The van der Waals surface area contributed by atoms with Crippen LogP contribution in [0.5, 0.6) is 5.88 Å². The van der Waals surface area contributed by atoms with Crippen molar-refractivity contribution < 1.29 is 32.6 Å². The summed E-state index contributed by atoms with van der Waals surface area (Å²) in [4.78, 5) is 28.5. The molecule has 0 aliphatic carbocycles. The minimum Gasteiger partial charge on any atom is -0.476 e. The lowest BCUT2D eigenvalue weighted by Gasteiger charge is -2.13. The highest BCUT2D eigenvalue weighted by atomic mass is 32.1. The number of nitrogens with one attached hydrogen (secondary N) is 1.